The Kier molecular flexibility index (Phi) is 3.46. The molecule has 0 N–H and O–H groups in total. The average Bonchev–Trinajstić information content (AvgIpc) is 2.02. The van der Waals surface area contributed by atoms with Gasteiger partial charge >= 0.3 is 0 Å². The molecule has 1 rings (SSSR count). The van der Waals surface area contributed by atoms with E-state index in [1.54, 1.807) is 18.4 Å². The molecule has 0 aliphatic carbocycles. The second-order valence-electron chi connectivity index (χ2n) is 2.36. The summed E-state index contributed by atoms with van der Waals surface area (Å²) in [6, 6.07) is 0. The fourth-order valence-corrected chi connectivity index (χ4v) is 1.33. The number of hydrogen-bond acceptors (Lipinski definition) is 2. The normalized spacial score (nSPS) is 20.8. The van der Waals surface area contributed by atoms with Crippen LogP contribution in [0.3, 0.4) is 0 Å². The maximum atomic E-state index is 5.81. The number of halogens is 2. The molecule has 0 fully saturated rings. The fourth-order valence-electron chi connectivity index (χ4n) is 0.809. The Morgan fingerprint density at radius 1 is 1.54 bits per heavy atom. The van der Waals surface area contributed by atoms with Gasteiger partial charge in [-0.1, -0.05) is 35.9 Å². The number of nitrogens with zero attached hydrogens (tertiary/aromatic N) is 2. The third-order valence-electron chi connectivity index (χ3n) is 1.35. The van der Waals surface area contributed by atoms with Gasteiger partial charge in [-0.15, -0.1) is 0 Å². The van der Waals surface area contributed by atoms with Crippen molar-refractivity contribution >= 4 is 34.1 Å². The highest BCUT2D eigenvalue weighted by atomic mass is 35.5. The van der Waals surface area contributed by atoms with Crippen molar-refractivity contribution in [3.8, 4) is 0 Å². The minimum Gasteiger partial charge on any atom is -0.253 e. The molecule has 0 atom stereocenters. The molecule has 68 valence electrons. The largest absolute Gasteiger partial charge is 0.253 e. The first-order valence-corrected chi connectivity index (χ1v) is 4.40. The van der Waals surface area contributed by atoms with Gasteiger partial charge in [0.05, 0.1) is 0 Å². The minimum absolute atomic E-state index is 0.274. The van der Waals surface area contributed by atoms with Crippen LogP contribution in [-0.4, -0.2) is 10.9 Å². The predicted molar refractivity (Wildman–Crippen MR) is 58.6 cm³/mol. The summed E-state index contributed by atoms with van der Waals surface area (Å²) in [5.41, 5.74) is 1.23. The third-order valence-corrected chi connectivity index (χ3v) is 1.81. The second kappa shape index (κ2) is 4.40. The van der Waals surface area contributed by atoms with Gasteiger partial charge in [0.2, 0.25) is 0 Å². The first-order chi connectivity index (χ1) is 6.15. The van der Waals surface area contributed by atoms with Crippen molar-refractivity contribution in [2.45, 2.75) is 6.92 Å². The molecule has 0 bridgehead atoms. The average molecular weight is 215 g/mol. The maximum absolute atomic E-state index is 5.81. The molecule has 0 aromatic rings. The van der Waals surface area contributed by atoms with Crippen LogP contribution in [0.15, 0.2) is 45.6 Å². The zero-order valence-corrected chi connectivity index (χ0v) is 8.60. The standard InChI is InChI=1S/C9H8Cl2N2/c1-3-4-12-8-6(2)5-7(10)13-9(8)11/h3-5H,2H2,1H3/b4-3-,12-8+. The maximum Gasteiger partial charge on any atom is 0.156 e. The first kappa shape index (κ1) is 10.2. The molecule has 13 heavy (non-hydrogen) atoms. The Morgan fingerprint density at radius 3 is 2.77 bits per heavy atom. The van der Waals surface area contributed by atoms with Gasteiger partial charge in [-0.25, -0.2) is 4.99 Å². The molecule has 0 unspecified atom stereocenters. The lowest BCUT2D eigenvalue weighted by Gasteiger charge is -2.08. The highest BCUT2D eigenvalue weighted by Gasteiger charge is 2.14. The van der Waals surface area contributed by atoms with Gasteiger partial charge in [0, 0.05) is 6.20 Å². The van der Waals surface area contributed by atoms with Gasteiger partial charge in [-0.3, -0.25) is 4.99 Å². The molecule has 0 amide bonds. The zero-order chi connectivity index (χ0) is 9.84. The van der Waals surface area contributed by atoms with Crippen molar-refractivity contribution in [1.29, 1.82) is 0 Å². The Balaban J connectivity index is 3.03. The summed E-state index contributed by atoms with van der Waals surface area (Å²) >= 11 is 11.5. The Bertz CT molecular complexity index is 349. The van der Waals surface area contributed by atoms with E-state index in [1.165, 1.54) is 0 Å². The number of rotatable bonds is 1. The van der Waals surface area contributed by atoms with Gasteiger partial charge in [0.1, 0.15) is 10.9 Å². The van der Waals surface area contributed by atoms with Crippen molar-refractivity contribution in [2.75, 3.05) is 0 Å². The van der Waals surface area contributed by atoms with Gasteiger partial charge in [-0.2, -0.15) is 0 Å². The highest BCUT2D eigenvalue weighted by molar-refractivity contribution is 6.86. The molecule has 1 heterocycles. The summed E-state index contributed by atoms with van der Waals surface area (Å²) in [5.74, 6) is 0. The van der Waals surface area contributed by atoms with E-state index < -0.39 is 0 Å². The van der Waals surface area contributed by atoms with Crippen molar-refractivity contribution in [3.05, 3.63) is 35.7 Å². The second-order valence-corrected chi connectivity index (χ2v) is 3.10. The summed E-state index contributed by atoms with van der Waals surface area (Å²) in [7, 11) is 0. The van der Waals surface area contributed by atoms with Crippen LogP contribution in [0.4, 0.5) is 0 Å². The molecular formula is C9H8Cl2N2. The van der Waals surface area contributed by atoms with Crippen LogP contribution >= 0.6 is 23.2 Å². The predicted octanol–water partition coefficient (Wildman–Crippen LogP) is 3.25. The van der Waals surface area contributed by atoms with E-state index in [9.17, 15) is 0 Å². The van der Waals surface area contributed by atoms with E-state index in [0.29, 0.717) is 16.4 Å². The number of allylic oxidation sites excluding steroid dienone is 3. The first-order valence-electron chi connectivity index (χ1n) is 3.65. The lowest BCUT2D eigenvalue weighted by atomic mass is 10.1. The summed E-state index contributed by atoms with van der Waals surface area (Å²) in [6.45, 7) is 5.62. The molecule has 1 aliphatic rings. The fraction of sp³-hybridized carbons (Fsp3) is 0.111. The SMILES string of the molecule is C=C1C=C(Cl)N=C(Cl)/C1=N/C=C\C. The van der Waals surface area contributed by atoms with Gasteiger partial charge in [-0.05, 0) is 18.6 Å². The van der Waals surface area contributed by atoms with E-state index in [4.69, 9.17) is 23.2 Å². The van der Waals surface area contributed by atoms with Crippen molar-refractivity contribution in [2.24, 2.45) is 9.98 Å². The van der Waals surface area contributed by atoms with Crippen LogP contribution in [0.25, 0.3) is 0 Å². The van der Waals surface area contributed by atoms with E-state index in [2.05, 4.69) is 16.6 Å². The number of aliphatic imine (C=N–C) groups is 2. The smallest absolute Gasteiger partial charge is 0.156 e. The Hall–Kier alpha value is -0.860. The van der Waals surface area contributed by atoms with Crippen molar-refractivity contribution in [1.82, 2.24) is 0 Å². The summed E-state index contributed by atoms with van der Waals surface area (Å²) in [5, 5.41) is 0.602. The monoisotopic (exact) mass is 214 g/mol. The molecule has 0 saturated carbocycles. The van der Waals surface area contributed by atoms with Crippen LogP contribution in [0, 0.1) is 0 Å². The summed E-state index contributed by atoms with van der Waals surface area (Å²) < 4.78 is 0. The van der Waals surface area contributed by atoms with E-state index >= 15 is 0 Å². The quantitative estimate of drug-likeness (QED) is 0.600. The topological polar surface area (TPSA) is 24.7 Å². The Morgan fingerprint density at radius 2 is 2.23 bits per heavy atom. The van der Waals surface area contributed by atoms with Crippen LogP contribution in [0.2, 0.25) is 0 Å². The molecule has 4 heteroatoms. The van der Waals surface area contributed by atoms with E-state index in [1.807, 2.05) is 6.92 Å². The molecule has 1 aliphatic heterocycles. The van der Waals surface area contributed by atoms with Crippen LogP contribution in [0.5, 0.6) is 0 Å². The summed E-state index contributed by atoms with van der Waals surface area (Å²) in [6.07, 6.45) is 5.05. The van der Waals surface area contributed by atoms with E-state index in [-0.39, 0.29) is 5.17 Å². The molecule has 0 radical (unpaired) electrons. The molecule has 2 nitrogen and oxygen atoms in total. The van der Waals surface area contributed by atoms with Gasteiger partial charge < -0.3 is 0 Å². The lowest BCUT2D eigenvalue weighted by Crippen LogP contribution is -2.12. The summed E-state index contributed by atoms with van der Waals surface area (Å²) in [4.78, 5) is 7.92. The van der Waals surface area contributed by atoms with Crippen LogP contribution in [0.1, 0.15) is 6.92 Å². The molecule has 0 saturated heterocycles. The van der Waals surface area contributed by atoms with Gasteiger partial charge in [0.15, 0.2) is 5.17 Å². The van der Waals surface area contributed by atoms with Gasteiger partial charge in [0.25, 0.3) is 0 Å². The van der Waals surface area contributed by atoms with Crippen molar-refractivity contribution in [3.63, 3.8) is 0 Å². The van der Waals surface area contributed by atoms with Crippen LogP contribution < -0.4 is 0 Å². The minimum atomic E-state index is 0.274. The molecule has 0 aromatic carbocycles. The Labute approximate surface area is 87.0 Å². The molecular weight excluding hydrogens is 207 g/mol. The molecule has 0 aromatic heterocycles. The van der Waals surface area contributed by atoms with Crippen molar-refractivity contribution < 1.29 is 0 Å². The highest BCUT2D eigenvalue weighted by Crippen LogP contribution is 2.18. The third kappa shape index (κ3) is 2.54. The molecule has 0 spiro atoms. The number of hydrogen-bond donors (Lipinski definition) is 0. The van der Waals surface area contributed by atoms with Crippen LogP contribution in [-0.2, 0) is 0 Å². The zero-order valence-electron chi connectivity index (χ0n) is 7.09. The van der Waals surface area contributed by atoms with E-state index in [0.717, 1.165) is 0 Å². The lowest BCUT2D eigenvalue weighted by molar-refractivity contribution is 1.46.